The minimum Gasteiger partial charge on any atom is -0.369 e. The first kappa shape index (κ1) is 19.5. The van der Waals surface area contributed by atoms with E-state index >= 15 is 0 Å². The molecule has 2 saturated heterocycles. The number of nitrogens with zero attached hydrogens (tertiary/aromatic N) is 5. The normalized spacial score (nSPS) is 21.0. The van der Waals surface area contributed by atoms with Gasteiger partial charge in [-0.3, -0.25) is 9.78 Å². The van der Waals surface area contributed by atoms with Gasteiger partial charge in [-0.2, -0.15) is 0 Å². The molecule has 2 aliphatic rings. The van der Waals surface area contributed by atoms with Crippen molar-refractivity contribution in [1.29, 1.82) is 0 Å². The van der Waals surface area contributed by atoms with Gasteiger partial charge < -0.3 is 19.6 Å². The third-order valence-electron chi connectivity index (χ3n) is 5.56. The molecule has 0 unspecified atom stereocenters. The van der Waals surface area contributed by atoms with Gasteiger partial charge in [-0.15, -0.1) is 0 Å². The van der Waals surface area contributed by atoms with Crippen molar-refractivity contribution >= 4 is 17.6 Å². The zero-order valence-corrected chi connectivity index (χ0v) is 16.7. The van der Waals surface area contributed by atoms with Gasteiger partial charge in [0.05, 0.1) is 5.92 Å². The third kappa shape index (κ3) is 4.51. The summed E-state index contributed by atoms with van der Waals surface area (Å²) < 4.78 is 0. The highest BCUT2D eigenvalue weighted by Gasteiger charge is 2.32. The molecule has 7 nitrogen and oxygen atoms in total. The van der Waals surface area contributed by atoms with E-state index in [0.717, 1.165) is 52.0 Å². The molecule has 2 fully saturated rings. The highest BCUT2D eigenvalue weighted by Crippen LogP contribution is 2.23. The molecule has 0 aromatic carbocycles. The van der Waals surface area contributed by atoms with Gasteiger partial charge in [-0.25, -0.2) is 4.79 Å². The van der Waals surface area contributed by atoms with Gasteiger partial charge in [0.1, 0.15) is 0 Å². The highest BCUT2D eigenvalue weighted by molar-refractivity contribution is 5.81. The average Bonchev–Trinajstić information content (AvgIpc) is 2.93. The second-order valence-corrected chi connectivity index (χ2v) is 7.79. The fourth-order valence-electron chi connectivity index (χ4n) is 4.09. The molecule has 3 amide bonds. The Morgan fingerprint density at radius 1 is 1.07 bits per heavy atom. The zero-order valence-electron chi connectivity index (χ0n) is 16.7. The SMILES string of the molecule is Cc1cnccc1N1CCCN(C(=O)[C@@H]2CCCN(C(=O)N(C)C)C2)CC1. The van der Waals surface area contributed by atoms with Crippen molar-refractivity contribution in [2.45, 2.75) is 26.2 Å². The molecule has 2 aliphatic heterocycles. The van der Waals surface area contributed by atoms with Crippen LogP contribution in [0.4, 0.5) is 10.5 Å². The van der Waals surface area contributed by atoms with Crippen molar-refractivity contribution in [2.75, 3.05) is 58.3 Å². The maximum atomic E-state index is 13.1. The van der Waals surface area contributed by atoms with Crippen LogP contribution in [0.15, 0.2) is 18.5 Å². The number of anilines is 1. The number of carbonyl (C=O) groups is 2. The summed E-state index contributed by atoms with van der Waals surface area (Å²) in [6.45, 7) is 6.68. The molecular weight excluding hydrogens is 342 g/mol. The summed E-state index contributed by atoms with van der Waals surface area (Å²) in [7, 11) is 3.52. The van der Waals surface area contributed by atoms with Crippen LogP contribution in [0, 0.1) is 12.8 Å². The van der Waals surface area contributed by atoms with Crippen LogP contribution in [0.5, 0.6) is 0 Å². The van der Waals surface area contributed by atoms with Crippen molar-refractivity contribution in [3.8, 4) is 0 Å². The summed E-state index contributed by atoms with van der Waals surface area (Å²) in [5.74, 6) is 0.136. The van der Waals surface area contributed by atoms with Gasteiger partial charge in [0, 0.05) is 71.4 Å². The Morgan fingerprint density at radius 2 is 1.85 bits per heavy atom. The molecule has 27 heavy (non-hydrogen) atoms. The van der Waals surface area contributed by atoms with Crippen molar-refractivity contribution in [3.05, 3.63) is 24.0 Å². The molecule has 7 heteroatoms. The zero-order chi connectivity index (χ0) is 19.4. The van der Waals surface area contributed by atoms with E-state index < -0.39 is 0 Å². The molecule has 0 bridgehead atoms. The Balaban J connectivity index is 1.61. The van der Waals surface area contributed by atoms with E-state index in [4.69, 9.17) is 0 Å². The lowest BCUT2D eigenvalue weighted by atomic mass is 9.96. The van der Waals surface area contributed by atoms with Gasteiger partial charge in [0.2, 0.25) is 5.91 Å². The van der Waals surface area contributed by atoms with E-state index in [1.165, 1.54) is 11.3 Å². The largest absolute Gasteiger partial charge is 0.369 e. The number of piperidine rings is 1. The maximum Gasteiger partial charge on any atom is 0.319 e. The lowest BCUT2D eigenvalue weighted by molar-refractivity contribution is -0.136. The monoisotopic (exact) mass is 373 g/mol. The predicted molar refractivity (Wildman–Crippen MR) is 106 cm³/mol. The topological polar surface area (TPSA) is 60.0 Å². The smallest absolute Gasteiger partial charge is 0.319 e. The van der Waals surface area contributed by atoms with Gasteiger partial charge in [-0.05, 0) is 37.8 Å². The highest BCUT2D eigenvalue weighted by atomic mass is 16.2. The number of aromatic nitrogens is 1. The summed E-state index contributed by atoms with van der Waals surface area (Å²) in [4.78, 5) is 37.3. The predicted octanol–water partition coefficient (Wildman–Crippen LogP) is 1.82. The van der Waals surface area contributed by atoms with Crippen LogP contribution in [-0.4, -0.2) is 85.0 Å². The van der Waals surface area contributed by atoms with E-state index in [2.05, 4.69) is 22.9 Å². The molecule has 148 valence electrons. The average molecular weight is 374 g/mol. The summed E-state index contributed by atoms with van der Waals surface area (Å²) in [6, 6.07) is 2.06. The summed E-state index contributed by atoms with van der Waals surface area (Å²) in [5, 5.41) is 0. The van der Waals surface area contributed by atoms with Crippen molar-refractivity contribution < 1.29 is 9.59 Å². The van der Waals surface area contributed by atoms with Crippen LogP contribution in [0.3, 0.4) is 0 Å². The van der Waals surface area contributed by atoms with Crippen LogP contribution in [0.2, 0.25) is 0 Å². The molecule has 0 aliphatic carbocycles. The van der Waals surface area contributed by atoms with E-state index in [1.807, 2.05) is 22.2 Å². The quantitative estimate of drug-likeness (QED) is 0.793. The molecule has 0 N–H and O–H groups in total. The van der Waals surface area contributed by atoms with Crippen molar-refractivity contribution in [2.24, 2.45) is 5.92 Å². The van der Waals surface area contributed by atoms with Crippen molar-refractivity contribution in [3.63, 3.8) is 0 Å². The summed E-state index contributed by atoms with van der Waals surface area (Å²) >= 11 is 0. The Hall–Kier alpha value is -2.31. The second kappa shape index (κ2) is 8.59. The third-order valence-corrected chi connectivity index (χ3v) is 5.56. The standard InChI is InChI=1S/C20H31N5O2/c1-16-14-21-8-7-18(16)23-10-5-11-24(13-12-23)19(26)17-6-4-9-25(15-17)20(27)22(2)3/h7-8,14,17H,4-6,9-13,15H2,1-3H3/t17-/m1/s1. The maximum absolute atomic E-state index is 13.1. The van der Waals surface area contributed by atoms with E-state index in [9.17, 15) is 9.59 Å². The van der Waals surface area contributed by atoms with Crippen LogP contribution < -0.4 is 4.90 Å². The fourth-order valence-corrected chi connectivity index (χ4v) is 4.09. The number of aryl methyl sites for hydroxylation is 1. The summed E-state index contributed by atoms with van der Waals surface area (Å²) in [6.07, 6.45) is 6.45. The number of amides is 3. The van der Waals surface area contributed by atoms with E-state index in [1.54, 1.807) is 19.0 Å². The van der Waals surface area contributed by atoms with Gasteiger partial charge >= 0.3 is 6.03 Å². The van der Waals surface area contributed by atoms with Gasteiger partial charge in [0.25, 0.3) is 0 Å². The number of hydrogen-bond donors (Lipinski definition) is 0. The Bertz CT molecular complexity index is 678. The van der Waals surface area contributed by atoms with Gasteiger partial charge in [-0.1, -0.05) is 0 Å². The number of carbonyl (C=O) groups excluding carboxylic acids is 2. The molecule has 0 radical (unpaired) electrons. The Labute approximate surface area is 161 Å². The molecule has 1 aromatic rings. The molecule has 0 spiro atoms. The fraction of sp³-hybridized carbons (Fsp3) is 0.650. The second-order valence-electron chi connectivity index (χ2n) is 7.79. The van der Waals surface area contributed by atoms with Crippen LogP contribution in [0.1, 0.15) is 24.8 Å². The first-order valence-electron chi connectivity index (χ1n) is 9.88. The molecule has 0 saturated carbocycles. The van der Waals surface area contributed by atoms with Gasteiger partial charge in [0.15, 0.2) is 0 Å². The minimum atomic E-state index is -0.0724. The number of hydrogen-bond acceptors (Lipinski definition) is 4. The van der Waals surface area contributed by atoms with E-state index in [0.29, 0.717) is 6.54 Å². The first-order chi connectivity index (χ1) is 13.0. The van der Waals surface area contributed by atoms with Crippen LogP contribution >= 0.6 is 0 Å². The number of pyridine rings is 1. The molecule has 3 heterocycles. The number of urea groups is 1. The molecule has 1 atom stereocenters. The lowest BCUT2D eigenvalue weighted by Crippen LogP contribution is -2.49. The number of likely N-dealkylation sites (tertiary alicyclic amines) is 1. The molecule has 1 aromatic heterocycles. The van der Waals surface area contributed by atoms with E-state index in [-0.39, 0.29) is 17.9 Å². The first-order valence-corrected chi connectivity index (χ1v) is 9.88. The van der Waals surface area contributed by atoms with Crippen LogP contribution in [-0.2, 0) is 4.79 Å². The Kier molecular flexibility index (Phi) is 6.19. The molecular formula is C20H31N5O2. The van der Waals surface area contributed by atoms with Crippen molar-refractivity contribution in [1.82, 2.24) is 19.7 Å². The lowest BCUT2D eigenvalue weighted by Gasteiger charge is -2.36. The Morgan fingerprint density at radius 3 is 2.59 bits per heavy atom. The molecule has 3 rings (SSSR count). The minimum absolute atomic E-state index is 0.00250. The van der Waals surface area contributed by atoms with Crippen LogP contribution in [0.25, 0.3) is 0 Å². The summed E-state index contributed by atoms with van der Waals surface area (Å²) in [5.41, 5.74) is 2.38. The number of rotatable bonds is 2.